The van der Waals surface area contributed by atoms with E-state index in [4.69, 9.17) is 0 Å². The Morgan fingerprint density at radius 3 is 2.18 bits per heavy atom. The molecule has 0 radical (unpaired) electrons. The summed E-state index contributed by atoms with van der Waals surface area (Å²) >= 11 is 0. The maximum Gasteiger partial charge on any atom is 0.416 e. The van der Waals surface area contributed by atoms with Gasteiger partial charge in [-0.3, -0.25) is 4.79 Å². The number of hydrogen-bond acceptors (Lipinski definition) is 3. The van der Waals surface area contributed by atoms with Crippen LogP contribution in [0.25, 0.3) is 6.08 Å². The summed E-state index contributed by atoms with van der Waals surface area (Å²) in [6, 6.07) is 15.3. The summed E-state index contributed by atoms with van der Waals surface area (Å²) in [5.74, 6) is -2.70. The van der Waals surface area contributed by atoms with Crippen LogP contribution >= 0.6 is 0 Å². The summed E-state index contributed by atoms with van der Waals surface area (Å²) in [6.45, 7) is 1.43. The van der Waals surface area contributed by atoms with Crippen LogP contribution in [0.4, 0.5) is 26.3 Å². The molecule has 1 spiro atoms. The smallest absolute Gasteiger partial charge is 0.416 e. The average Bonchev–Trinajstić information content (AvgIpc) is 3.34. The molecule has 2 aliphatic rings. The monoisotopic (exact) mass is 616 g/mol. The van der Waals surface area contributed by atoms with Crippen molar-refractivity contribution >= 4 is 18.0 Å². The lowest BCUT2D eigenvalue weighted by molar-refractivity contribution is -0.143. The second-order valence-corrected chi connectivity index (χ2v) is 11.3. The molecule has 1 aliphatic carbocycles. The van der Waals surface area contributed by atoms with E-state index < -0.39 is 47.8 Å². The van der Waals surface area contributed by atoms with Crippen molar-refractivity contribution in [3.05, 3.63) is 112 Å². The first-order valence-electron chi connectivity index (χ1n) is 14.2. The van der Waals surface area contributed by atoms with Crippen LogP contribution in [-0.4, -0.2) is 41.5 Å². The van der Waals surface area contributed by atoms with Crippen molar-refractivity contribution in [1.82, 2.24) is 10.2 Å². The number of aromatic carboxylic acids is 1. The van der Waals surface area contributed by atoms with Gasteiger partial charge in [-0.1, -0.05) is 48.6 Å². The number of carboxylic acid groups (broad SMARTS) is 1. The Kier molecular flexibility index (Phi) is 8.62. The van der Waals surface area contributed by atoms with Gasteiger partial charge < -0.3 is 15.3 Å². The molecule has 1 fully saturated rings. The van der Waals surface area contributed by atoms with Crippen molar-refractivity contribution in [2.45, 2.75) is 49.5 Å². The van der Waals surface area contributed by atoms with Crippen LogP contribution in [0, 0.1) is 0 Å². The number of fused-ring (bicyclic) bond motifs is 2. The molecule has 1 atom stereocenters. The molecule has 5 rings (SSSR count). The van der Waals surface area contributed by atoms with Gasteiger partial charge in [0.25, 0.3) is 0 Å². The summed E-state index contributed by atoms with van der Waals surface area (Å²) in [5.41, 5.74) is -0.479. The third-order valence-corrected chi connectivity index (χ3v) is 8.53. The van der Waals surface area contributed by atoms with Gasteiger partial charge in [0, 0.05) is 12.0 Å². The SMILES string of the molecule is O=C(O)c1cccc(C(CCN2CCC3(C=Cc4ccccc43)CC2)C(=O)NCc2cc(C(F)(F)F)cc(C(F)(F)F)c2)c1. The van der Waals surface area contributed by atoms with Gasteiger partial charge in [-0.05, 0) is 91.5 Å². The molecule has 232 valence electrons. The molecule has 3 aromatic carbocycles. The van der Waals surface area contributed by atoms with Crippen molar-refractivity contribution in [3.63, 3.8) is 0 Å². The minimum absolute atomic E-state index is 0.0359. The molecular formula is C33H30F6N2O3. The molecule has 1 amide bonds. The molecular weight excluding hydrogens is 586 g/mol. The zero-order valence-corrected chi connectivity index (χ0v) is 23.5. The van der Waals surface area contributed by atoms with E-state index in [0.717, 1.165) is 25.9 Å². The molecule has 1 heterocycles. The van der Waals surface area contributed by atoms with E-state index in [1.165, 1.54) is 29.3 Å². The minimum Gasteiger partial charge on any atom is -0.478 e. The summed E-state index contributed by atoms with van der Waals surface area (Å²) in [5, 5.41) is 12.0. The zero-order valence-electron chi connectivity index (χ0n) is 23.5. The number of halogens is 6. The lowest BCUT2D eigenvalue weighted by Crippen LogP contribution is -2.42. The Bertz CT molecular complexity index is 1540. The maximum atomic E-state index is 13.4. The number of nitrogens with zero attached hydrogens (tertiary/aromatic N) is 1. The van der Waals surface area contributed by atoms with Crippen molar-refractivity contribution in [3.8, 4) is 0 Å². The van der Waals surface area contributed by atoms with E-state index in [2.05, 4.69) is 34.5 Å². The van der Waals surface area contributed by atoms with Gasteiger partial charge in [0.05, 0.1) is 22.6 Å². The summed E-state index contributed by atoms with van der Waals surface area (Å²) < 4.78 is 79.9. The molecule has 44 heavy (non-hydrogen) atoms. The number of allylic oxidation sites excluding steroid dienone is 1. The zero-order chi connectivity index (χ0) is 31.7. The van der Waals surface area contributed by atoms with Gasteiger partial charge in [-0.15, -0.1) is 0 Å². The molecule has 5 nitrogen and oxygen atoms in total. The highest BCUT2D eigenvalue weighted by Gasteiger charge is 2.39. The fourth-order valence-corrected chi connectivity index (χ4v) is 6.13. The van der Waals surface area contributed by atoms with Crippen LogP contribution in [0.1, 0.15) is 68.9 Å². The Balaban J connectivity index is 1.31. The topological polar surface area (TPSA) is 69.6 Å². The van der Waals surface area contributed by atoms with Crippen LogP contribution < -0.4 is 5.32 Å². The fraction of sp³-hybridized carbons (Fsp3) is 0.333. The third-order valence-electron chi connectivity index (χ3n) is 8.53. The standard InChI is InChI=1S/C33H30F6N2O3/c34-32(35,36)25-16-21(17-26(19-25)33(37,38)39)20-40-29(42)27(23-5-3-6-24(18-23)30(43)44)9-13-41-14-11-31(12-15-41)10-8-22-4-1-2-7-28(22)31/h1-8,10,16-19,27H,9,11-15,20H2,(H,40,42)(H,43,44). The van der Waals surface area contributed by atoms with Crippen LogP contribution in [0.15, 0.2) is 72.8 Å². The molecule has 11 heteroatoms. The van der Waals surface area contributed by atoms with E-state index >= 15 is 0 Å². The molecule has 1 aliphatic heterocycles. The number of nitrogens with one attached hydrogen (secondary N) is 1. The number of carboxylic acids is 1. The lowest BCUT2D eigenvalue weighted by Gasteiger charge is -2.39. The Hall–Kier alpha value is -4.12. The molecule has 3 aromatic rings. The predicted octanol–water partition coefficient (Wildman–Crippen LogP) is 7.27. The number of benzene rings is 3. The first-order chi connectivity index (χ1) is 20.7. The number of carbonyl (C=O) groups is 2. The Morgan fingerprint density at radius 1 is 0.886 bits per heavy atom. The normalized spacial score (nSPS) is 17.0. The number of hydrogen-bond donors (Lipinski definition) is 2. The first kappa shape index (κ1) is 31.3. The van der Waals surface area contributed by atoms with Gasteiger partial charge in [-0.2, -0.15) is 26.3 Å². The highest BCUT2D eigenvalue weighted by Crippen LogP contribution is 2.44. The quantitative estimate of drug-likeness (QED) is 0.261. The highest BCUT2D eigenvalue weighted by molar-refractivity contribution is 5.89. The van der Waals surface area contributed by atoms with Crippen LogP contribution in [0.2, 0.25) is 0 Å². The average molecular weight is 617 g/mol. The van der Waals surface area contributed by atoms with Gasteiger partial charge in [-0.25, -0.2) is 4.79 Å². The van der Waals surface area contributed by atoms with E-state index in [0.29, 0.717) is 24.2 Å². The number of rotatable bonds is 8. The molecule has 0 saturated carbocycles. The van der Waals surface area contributed by atoms with Gasteiger partial charge in [0.1, 0.15) is 0 Å². The molecule has 1 saturated heterocycles. The van der Waals surface area contributed by atoms with Crippen LogP contribution in [-0.2, 0) is 29.1 Å². The van der Waals surface area contributed by atoms with Crippen molar-refractivity contribution in [1.29, 1.82) is 0 Å². The summed E-state index contributed by atoms with van der Waals surface area (Å²) in [7, 11) is 0. The van der Waals surface area contributed by atoms with Gasteiger partial charge in [0.2, 0.25) is 5.91 Å². The summed E-state index contributed by atoms with van der Waals surface area (Å²) in [4.78, 5) is 27.3. The van der Waals surface area contributed by atoms with E-state index in [1.54, 1.807) is 6.07 Å². The number of piperidine rings is 1. The van der Waals surface area contributed by atoms with Gasteiger partial charge in [0.15, 0.2) is 0 Å². The molecule has 0 aromatic heterocycles. The Labute approximate surface area is 250 Å². The second kappa shape index (κ2) is 12.1. The highest BCUT2D eigenvalue weighted by atomic mass is 19.4. The second-order valence-electron chi connectivity index (χ2n) is 11.3. The molecule has 1 unspecified atom stereocenters. The lowest BCUT2D eigenvalue weighted by atomic mass is 9.74. The van der Waals surface area contributed by atoms with Crippen LogP contribution in [0.3, 0.4) is 0 Å². The minimum atomic E-state index is -5.01. The number of likely N-dealkylation sites (tertiary alicyclic amines) is 1. The molecule has 2 N–H and O–H groups in total. The Morgan fingerprint density at radius 2 is 1.55 bits per heavy atom. The number of amides is 1. The summed E-state index contributed by atoms with van der Waals surface area (Å²) in [6.07, 6.45) is -3.60. The van der Waals surface area contributed by atoms with E-state index in [-0.39, 0.29) is 29.0 Å². The van der Waals surface area contributed by atoms with Crippen LogP contribution in [0.5, 0.6) is 0 Å². The van der Waals surface area contributed by atoms with Crippen molar-refractivity contribution < 1.29 is 41.0 Å². The number of carbonyl (C=O) groups excluding carboxylic acids is 1. The van der Waals surface area contributed by atoms with Gasteiger partial charge >= 0.3 is 18.3 Å². The third kappa shape index (κ3) is 6.83. The van der Waals surface area contributed by atoms with E-state index in [1.807, 2.05) is 12.1 Å². The van der Waals surface area contributed by atoms with Crippen molar-refractivity contribution in [2.75, 3.05) is 19.6 Å². The largest absolute Gasteiger partial charge is 0.478 e. The number of alkyl halides is 6. The molecule has 0 bridgehead atoms. The fourth-order valence-electron chi connectivity index (χ4n) is 6.13. The van der Waals surface area contributed by atoms with Crippen molar-refractivity contribution in [2.24, 2.45) is 0 Å². The van der Waals surface area contributed by atoms with E-state index in [9.17, 15) is 41.0 Å². The maximum absolute atomic E-state index is 13.4. The first-order valence-corrected chi connectivity index (χ1v) is 14.2. The predicted molar refractivity (Wildman–Crippen MR) is 152 cm³/mol.